The van der Waals surface area contributed by atoms with E-state index in [9.17, 15) is 9.18 Å². The fraction of sp³-hybridized carbons (Fsp3) is 0.200. The molecule has 7 heteroatoms. The summed E-state index contributed by atoms with van der Waals surface area (Å²) in [5.74, 6) is -1.10. The van der Waals surface area contributed by atoms with Gasteiger partial charge in [-0.15, -0.1) is 21.5 Å². The Bertz CT molecular complexity index is 767. The molecule has 0 radical (unpaired) electrons. The average Bonchev–Trinajstić information content (AvgIpc) is 3.07. The third kappa shape index (κ3) is 2.86. The Kier molecular flexibility index (Phi) is 4.17. The molecule has 1 N–H and O–H groups in total. The predicted molar refractivity (Wildman–Crippen MR) is 86.7 cm³/mol. The van der Waals surface area contributed by atoms with Crippen molar-refractivity contribution in [2.45, 2.75) is 19.3 Å². The minimum atomic E-state index is -0.644. The van der Waals surface area contributed by atoms with Crippen LogP contribution in [-0.4, -0.2) is 21.0 Å². The molecule has 0 bridgehead atoms. The van der Waals surface area contributed by atoms with Crippen LogP contribution < -0.4 is 0 Å². The number of ketones is 1. The van der Waals surface area contributed by atoms with Gasteiger partial charge in [-0.2, -0.15) is 0 Å². The van der Waals surface area contributed by atoms with Gasteiger partial charge in [-0.3, -0.25) is 10.2 Å². The standard InChI is InChI=1S/C15H12FN3OS2/c1-2-11-18-19-15(22-11)12-13(20)10(21-14(12)17)7-8-3-5-9(16)6-4-8/h3-7,12,17H,2H2,1H3/b10-7-,17-14?/t12-/m1/s1. The third-order valence-corrected chi connectivity index (χ3v) is 5.31. The van der Waals surface area contributed by atoms with E-state index in [4.69, 9.17) is 5.41 Å². The van der Waals surface area contributed by atoms with Gasteiger partial charge in [0, 0.05) is 0 Å². The van der Waals surface area contributed by atoms with Crippen LogP contribution in [0.15, 0.2) is 29.2 Å². The van der Waals surface area contributed by atoms with Crippen molar-refractivity contribution in [3.8, 4) is 0 Å². The lowest BCUT2D eigenvalue weighted by Crippen LogP contribution is -2.11. The van der Waals surface area contributed by atoms with Gasteiger partial charge in [-0.25, -0.2) is 4.39 Å². The summed E-state index contributed by atoms with van der Waals surface area (Å²) in [6, 6.07) is 5.90. The van der Waals surface area contributed by atoms with Crippen molar-refractivity contribution in [3.63, 3.8) is 0 Å². The van der Waals surface area contributed by atoms with Crippen molar-refractivity contribution in [2.75, 3.05) is 0 Å². The van der Waals surface area contributed by atoms with Gasteiger partial charge in [-0.1, -0.05) is 30.8 Å². The van der Waals surface area contributed by atoms with Crippen molar-refractivity contribution in [1.82, 2.24) is 10.2 Å². The van der Waals surface area contributed by atoms with Gasteiger partial charge in [0.25, 0.3) is 0 Å². The number of thioether (sulfide) groups is 1. The van der Waals surface area contributed by atoms with E-state index in [-0.39, 0.29) is 16.6 Å². The van der Waals surface area contributed by atoms with Gasteiger partial charge in [0.05, 0.1) is 9.95 Å². The van der Waals surface area contributed by atoms with Crippen LogP contribution in [-0.2, 0) is 11.2 Å². The first kappa shape index (κ1) is 15.1. The van der Waals surface area contributed by atoms with Crippen molar-refractivity contribution in [2.24, 2.45) is 0 Å². The van der Waals surface area contributed by atoms with E-state index >= 15 is 0 Å². The van der Waals surface area contributed by atoms with Crippen molar-refractivity contribution >= 4 is 40.0 Å². The first-order chi connectivity index (χ1) is 10.6. The lowest BCUT2D eigenvalue weighted by molar-refractivity contribution is -0.114. The highest BCUT2D eigenvalue weighted by Gasteiger charge is 2.39. The molecule has 0 amide bonds. The molecule has 3 rings (SSSR count). The van der Waals surface area contributed by atoms with Gasteiger partial charge in [-0.05, 0) is 30.2 Å². The summed E-state index contributed by atoms with van der Waals surface area (Å²) in [5, 5.41) is 17.8. The highest BCUT2D eigenvalue weighted by atomic mass is 32.2. The molecule has 0 unspecified atom stereocenters. The summed E-state index contributed by atoms with van der Waals surface area (Å²) in [5.41, 5.74) is 0.734. The average molecular weight is 333 g/mol. The Hall–Kier alpha value is -1.86. The zero-order chi connectivity index (χ0) is 15.7. The van der Waals surface area contributed by atoms with E-state index in [0.717, 1.165) is 28.8 Å². The van der Waals surface area contributed by atoms with Gasteiger partial charge < -0.3 is 0 Å². The van der Waals surface area contributed by atoms with Crippen LogP contribution in [0.2, 0.25) is 0 Å². The maximum absolute atomic E-state index is 12.9. The number of carbonyl (C=O) groups is 1. The molecule has 1 aromatic carbocycles. The number of hydrogen-bond acceptors (Lipinski definition) is 6. The minimum absolute atomic E-state index is 0.141. The summed E-state index contributed by atoms with van der Waals surface area (Å²) in [4.78, 5) is 13.0. The number of nitrogens with one attached hydrogen (secondary N) is 1. The van der Waals surface area contributed by atoms with E-state index in [2.05, 4.69) is 10.2 Å². The van der Waals surface area contributed by atoms with E-state index in [1.54, 1.807) is 18.2 Å². The van der Waals surface area contributed by atoms with Crippen LogP contribution in [0.5, 0.6) is 0 Å². The van der Waals surface area contributed by atoms with Crippen molar-refractivity contribution in [1.29, 1.82) is 5.41 Å². The van der Waals surface area contributed by atoms with E-state index in [0.29, 0.717) is 9.91 Å². The van der Waals surface area contributed by atoms with Crippen molar-refractivity contribution in [3.05, 3.63) is 50.6 Å². The lowest BCUT2D eigenvalue weighted by atomic mass is 10.1. The zero-order valence-corrected chi connectivity index (χ0v) is 13.3. The summed E-state index contributed by atoms with van der Waals surface area (Å²) >= 11 is 2.51. The topological polar surface area (TPSA) is 66.7 Å². The zero-order valence-electron chi connectivity index (χ0n) is 11.7. The van der Waals surface area contributed by atoms with E-state index in [1.807, 2.05) is 6.92 Å². The highest BCUT2D eigenvalue weighted by molar-refractivity contribution is 8.19. The number of carbonyl (C=O) groups excluding carboxylic acids is 1. The number of nitrogens with zero attached hydrogens (tertiary/aromatic N) is 2. The quantitative estimate of drug-likeness (QED) is 0.871. The lowest BCUT2D eigenvalue weighted by Gasteiger charge is -2.00. The maximum Gasteiger partial charge on any atom is 0.186 e. The molecule has 0 aliphatic carbocycles. The first-order valence-electron chi connectivity index (χ1n) is 6.68. The van der Waals surface area contributed by atoms with Crippen LogP contribution >= 0.6 is 23.1 Å². The van der Waals surface area contributed by atoms with Crippen LogP contribution in [0, 0.1) is 11.2 Å². The molecule has 1 atom stereocenters. The molecule has 2 heterocycles. The molecule has 112 valence electrons. The number of rotatable bonds is 3. The summed E-state index contributed by atoms with van der Waals surface area (Å²) in [7, 11) is 0. The summed E-state index contributed by atoms with van der Waals surface area (Å²) in [6.45, 7) is 1.97. The first-order valence-corrected chi connectivity index (χ1v) is 8.32. The molecular weight excluding hydrogens is 321 g/mol. The number of aryl methyl sites for hydroxylation is 1. The van der Waals surface area contributed by atoms with E-state index in [1.165, 1.54) is 23.5 Å². The molecule has 1 fully saturated rings. The smallest absolute Gasteiger partial charge is 0.186 e. The van der Waals surface area contributed by atoms with Crippen LogP contribution in [0.4, 0.5) is 4.39 Å². The van der Waals surface area contributed by atoms with Gasteiger partial charge in [0.2, 0.25) is 0 Å². The Morgan fingerprint density at radius 2 is 2.05 bits per heavy atom. The molecule has 2 aromatic rings. The second kappa shape index (κ2) is 6.10. The predicted octanol–water partition coefficient (Wildman–Crippen LogP) is 3.66. The monoisotopic (exact) mass is 333 g/mol. The second-order valence-electron chi connectivity index (χ2n) is 4.71. The minimum Gasteiger partial charge on any atom is -0.297 e. The molecule has 4 nitrogen and oxygen atoms in total. The normalized spacial score (nSPS) is 20.1. The Morgan fingerprint density at radius 3 is 2.68 bits per heavy atom. The number of allylic oxidation sites excluding steroid dienone is 1. The van der Waals surface area contributed by atoms with Gasteiger partial charge in [0.15, 0.2) is 5.78 Å². The maximum atomic E-state index is 12.9. The van der Waals surface area contributed by atoms with Gasteiger partial charge >= 0.3 is 0 Å². The number of halogens is 1. The van der Waals surface area contributed by atoms with Gasteiger partial charge in [0.1, 0.15) is 21.8 Å². The molecule has 1 aliphatic heterocycles. The SMILES string of the molecule is CCc1nnc([C@H]2C(=N)S/C(=C\c3ccc(F)cc3)C2=O)s1. The number of Topliss-reactive ketones (excluding diaryl/α,β-unsaturated/α-hetero) is 1. The second-order valence-corrected chi connectivity index (χ2v) is 6.89. The Labute approximate surface area is 135 Å². The molecule has 22 heavy (non-hydrogen) atoms. The third-order valence-electron chi connectivity index (χ3n) is 3.19. The fourth-order valence-electron chi connectivity index (χ4n) is 2.05. The van der Waals surface area contributed by atoms with E-state index < -0.39 is 5.92 Å². The Morgan fingerprint density at radius 1 is 1.32 bits per heavy atom. The number of hydrogen-bond donors (Lipinski definition) is 1. The fourth-order valence-corrected chi connectivity index (χ4v) is 4.00. The Balaban J connectivity index is 1.89. The molecule has 1 aromatic heterocycles. The number of benzene rings is 1. The highest BCUT2D eigenvalue weighted by Crippen LogP contribution is 2.41. The van der Waals surface area contributed by atoms with Crippen LogP contribution in [0.3, 0.4) is 0 Å². The van der Waals surface area contributed by atoms with Crippen LogP contribution in [0.25, 0.3) is 6.08 Å². The molecule has 0 saturated carbocycles. The van der Waals surface area contributed by atoms with Crippen LogP contribution in [0.1, 0.15) is 28.4 Å². The summed E-state index contributed by atoms with van der Waals surface area (Å²) < 4.78 is 12.9. The largest absolute Gasteiger partial charge is 0.297 e. The number of aromatic nitrogens is 2. The summed E-state index contributed by atoms with van der Waals surface area (Å²) in [6.07, 6.45) is 2.44. The van der Waals surface area contributed by atoms with Crippen molar-refractivity contribution < 1.29 is 9.18 Å². The molecule has 1 aliphatic rings. The molecule has 0 spiro atoms. The molecular formula is C15H12FN3OS2. The molecule has 1 saturated heterocycles.